The molecule has 1 N–H and O–H groups in total. The molecule has 2 aliphatic rings. The first-order valence-corrected chi connectivity index (χ1v) is 9.74. The number of nitrogens with one attached hydrogen (secondary N) is 1. The molecule has 0 radical (unpaired) electrons. The Morgan fingerprint density at radius 2 is 1.79 bits per heavy atom. The summed E-state index contributed by atoms with van der Waals surface area (Å²) in [5.41, 5.74) is 2.71. The highest BCUT2D eigenvalue weighted by atomic mass is 16.5. The number of anilines is 2. The van der Waals surface area contributed by atoms with Gasteiger partial charge in [0.1, 0.15) is 5.75 Å². The van der Waals surface area contributed by atoms with E-state index in [1.165, 1.54) is 0 Å². The van der Waals surface area contributed by atoms with Crippen LogP contribution in [0.4, 0.5) is 16.2 Å². The Balaban J connectivity index is 1.41. The fraction of sp³-hybridized carbons (Fsp3) is 0.364. The molecule has 1 aliphatic heterocycles. The van der Waals surface area contributed by atoms with E-state index in [4.69, 9.17) is 4.74 Å². The Labute approximate surface area is 165 Å². The Morgan fingerprint density at radius 3 is 2.43 bits per heavy atom. The van der Waals surface area contributed by atoms with Crippen LogP contribution in [0, 0.1) is 5.92 Å². The lowest BCUT2D eigenvalue weighted by Gasteiger charge is -2.35. The summed E-state index contributed by atoms with van der Waals surface area (Å²) in [6, 6.07) is 15.3. The van der Waals surface area contributed by atoms with Gasteiger partial charge in [-0.15, -0.1) is 0 Å². The molecule has 6 nitrogen and oxygen atoms in total. The number of hydrogen-bond donors (Lipinski definition) is 1. The smallest absolute Gasteiger partial charge is 0.324 e. The maximum Gasteiger partial charge on any atom is 0.324 e. The molecule has 146 valence electrons. The van der Waals surface area contributed by atoms with Crippen molar-refractivity contribution in [2.45, 2.75) is 25.8 Å². The molecular weight excluding hydrogens is 354 g/mol. The standard InChI is InChI=1S/C22H25N3O3/c1-28-20-11-3-16(4-12-20)15-24-13-2-14-25(22(24)27)19-9-7-18(8-10-19)23-21(26)17-5-6-17/h3-4,7-12,17H,2,5-6,13-15H2,1H3,(H,23,26). The predicted octanol–water partition coefficient (Wildman–Crippen LogP) is 3.88. The summed E-state index contributed by atoms with van der Waals surface area (Å²) in [5.74, 6) is 1.08. The highest BCUT2D eigenvalue weighted by Crippen LogP contribution is 2.30. The second-order valence-corrected chi connectivity index (χ2v) is 7.37. The van der Waals surface area contributed by atoms with Crippen molar-refractivity contribution in [2.75, 3.05) is 30.4 Å². The molecule has 2 aromatic carbocycles. The first-order valence-electron chi connectivity index (χ1n) is 9.74. The van der Waals surface area contributed by atoms with E-state index in [-0.39, 0.29) is 17.9 Å². The average Bonchev–Trinajstić information content (AvgIpc) is 3.56. The largest absolute Gasteiger partial charge is 0.497 e. The zero-order valence-corrected chi connectivity index (χ0v) is 16.1. The number of ether oxygens (including phenoxy) is 1. The highest BCUT2D eigenvalue weighted by Gasteiger charge is 2.30. The van der Waals surface area contributed by atoms with Crippen LogP contribution in [0.5, 0.6) is 5.75 Å². The van der Waals surface area contributed by atoms with Crippen molar-refractivity contribution in [3.05, 3.63) is 54.1 Å². The van der Waals surface area contributed by atoms with Crippen molar-refractivity contribution in [1.29, 1.82) is 0 Å². The monoisotopic (exact) mass is 379 g/mol. The zero-order chi connectivity index (χ0) is 19.5. The number of hydrogen-bond acceptors (Lipinski definition) is 3. The van der Waals surface area contributed by atoms with Crippen LogP contribution in [-0.4, -0.2) is 37.0 Å². The lowest BCUT2D eigenvalue weighted by atomic mass is 10.1. The summed E-state index contributed by atoms with van der Waals surface area (Å²) in [6.07, 6.45) is 2.88. The topological polar surface area (TPSA) is 61.9 Å². The van der Waals surface area contributed by atoms with Crippen molar-refractivity contribution in [1.82, 2.24) is 4.90 Å². The molecule has 0 bridgehead atoms. The molecule has 6 heteroatoms. The van der Waals surface area contributed by atoms with Gasteiger partial charge in [-0.05, 0) is 61.2 Å². The van der Waals surface area contributed by atoms with Crippen LogP contribution in [0.3, 0.4) is 0 Å². The highest BCUT2D eigenvalue weighted by molar-refractivity contribution is 5.95. The van der Waals surface area contributed by atoms with Crippen molar-refractivity contribution >= 4 is 23.3 Å². The number of methoxy groups -OCH3 is 1. The van der Waals surface area contributed by atoms with Crippen molar-refractivity contribution in [3.63, 3.8) is 0 Å². The third-order valence-electron chi connectivity index (χ3n) is 5.24. The van der Waals surface area contributed by atoms with Crippen LogP contribution in [-0.2, 0) is 11.3 Å². The van der Waals surface area contributed by atoms with E-state index in [1.54, 1.807) is 12.0 Å². The number of carbonyl (C=O) groups excluding carboxylic acids is 2. The quantitative estimate of drug-likeness (QED) is 0.829. The number of carbonyl (C=O) groups is 2. The third-order valence-corrected chi connectivity index (χ3v) is 5.24. The van der Waals surface area contributed by atoms with Crippen LogP contribution >= 0.6 is 0 Å². The van der Waals surface area contributed by atoms with Gasteiger partial charge in [0.05, 0.1) is 7.11 Å². The summed E-state index contributed by atoms with van der Waals surface area (Å²) in [4.78, 5) is 28.5. The molecule has 0 unspecified atom stereocenters. The van der Waals surface area contributed by atoms with Gasteiger partial charge < -0.3 is 15.0 Å². The van der Waals surface area contributed by atoms with Gasteiger partial charge in [-0.2, -0.15) is 0 Å². The van der Waals surface area contributed by atoms with E-state index in [1.807, 2.05) is 53.4 Å². The summed E-state index contributed by atoms with van der Waals surface area (Å²) in [7, 11) is 1.64. The van der Waals surface area contributed by atoms with Gasteiger partial charge in [0, 0.05) is 36.9 Å². The van der Waals surface area contributed by atoms with Gasteiger partial charge in [0.2, 0.25) is 5.91 Å². The van der Waals surface area contributed by atoms with Gasteiger partial charge in [0.15, 0.2) is 0 Å². The molecular formula is C22H25N3O3. The molecule has 2 fully saturated rings. The first kappa shape index (κ1) is 18.3. The van der Waals surface area contributed by atoms with Crippen LogP contribution in [0.1, 0.15) is 24.8 Å². The minimum absolute atomic E-state index is 0.0110. The Kier molecular flexibility index (Phi) is 5.19. The van der Waals surface area contributed by atoms with Gasteiger partial charge in [0.25, 0.3) is 0 Å². The van der Waals surface area contributed by atoms with Crippen molar-refractivity contribution < 1.29 is 14.3 Å². The summed E-state index contributed by atoms with van der Waals surface area (Å²) < 4.78 is 5.19. The minimum Gasteiger partial charge on any atom is -0.497 e. The summed E-state index contributed by atoms with van der Waals surface area (Å²) in [6.45, 7) is 2.03. The molecule has 2 aromatic rings. The van der Waals surface area contributed by atoms with Crippen LogP contribution in [0.2, 0.25) is 0 Å². The second kappa shape index (κ2) is 7.92. The van der Waals surface area contributed by atoms with Gasteiger partial charge >= 0.3 is 6.03 Å². The fourth-order valence-corrected chi connectivity index (χ4v) is 3.43. The number of urea groups is 1. The van der Waals surface area contributed by atoms with Gasteiger partial charge in [-0.1, -0.05) is 12.1 Å². The van der Waals surface area contributed by atoms with Crippen molar-refractivity contribution in [2.24, 2.45) is 5.92 Å². The lowest BCUT2D eigenvalue weighted by molar-refractivity contribution is -0.117. The Hall–Kier alpha value is -3.02. The Bertz CT molecular complexity index is 844. The van der Waals surface area contributed by atoms with Crippen LogP contribution in [0.15, 0.2) is 48.5 Å². The van der Waals surface area contributed by atoms with E-state index in [2.05, 4.69) is 5.32 Å². The SMILES string of the molecule is COc1ccc(CN2CCCN(c3ccc(NC(=O)C4CC4)cc3)C2=O)cc1. The van der Waals surface area contributed by atoms with E-state index >= 15 is 0 Å². The maximum atomic E-state index is 13.0. The Morgan fingerprint density at radius 1 is 1.07 bits per heavy atom. The third kappa shape index (κ3) is 4.11. The maximum absolute atomic E-state index is 13.0. The summed E-state index contributed by atoms with van der Waals surface area (Å²) >= 11 is 0. The molecule has 1 heterocycles. The fourth-order valence-electron chi connectivity index (χ4n) is 3.43. The number of benzene rings is 2. The number of amides is 3. The first-order chi connectivity index (χ1) is 13.6. The molecule has 0 atom stereocenters. The van der Waals surface area contributed by atoms with E-state index in [0.29, 0.717) is 13.1 Å². The van der Waals surface area contributed by atoms with E-state index in [9.17, 15) is 9.59 Å². The van der Waals surface area contributed by atoms with E-state index in [0.717, 1.165) is 48.5 Å². The lowest BCUT2D eigenvalue weighted by Crippen LogP contribution is -2.49. The molecule has 0 aromatic heterocycles. The summed E-state index contributed by atoms with van der Waals surface area (Å²) in [5, 5.41) is 2.93. The van der Waals surface area contributed by atoms with Crippen LogP contribution < -0.4 is 15.0 Å². The molecule has 0 spiro atoms. The molecule has 4 rings (SSSR count). The van der Waals surface area contributed by atoms with Crippen LogP contribution in [0.25, 0.3) is 0 Å². The average molecular weight is 379 g/mol. The van der Waals surface area contributed by atoms with E-state index < -0.39 is 0 Å². The molecule has 3 amide bonds. The minimum atomic E-state index is 0.0110. The predicted molar refractivity (Wildman–Crippen MR) is 109 cm³/mol. The number of rotatable bonds is 6. The molecule has 28 heavy (non-hydrogen) atoms. The normalized spacial score (nSPS) is 16.8. The number of nitrogens with zero attached hydrogens (tertiary/aromatic N) is 2. The molecule has 1 saturated heterocycles. The zero-order valence-electron chi connectivity index (χ0n) is 16.1. The van der Waals surface area contributed by atoms with Gasteiger partial charge in [-0.3, -0.25) is 9.69 Å². The second-order valence-electron chi connectivity index (χ2n) is 7.37. The van der Waals surface area contributed by atoms with Gasteiger partial charge in [-0.25, -0.2) is 4.79 Å². The molecule has 1 aliphatic carbocycles. The van der Waals surface area contributed by atoms with Crippen molar-refractivity contribution in [3.8, 4) is 5.75 Å². The molecule has 1 saturated carbocycles.